The Labute approximate surface area is 116 Å². The summed E-state index contributed by atoms with van der Waals surface area (Å²) in [6, 6.07) is 2.79. The zero-order valence-corrected chi connectivity index (χ0v) is 11.5. The van der Waals surface area contributed by atoms with E-state index < -0.39 is 12.1 Å². The predicted octanol–water partition coefficient (Wildman–Crippen LogP) is 2.17. The van der Waals surface area contributed by atoms with Crippen molar-refractivity contribution in [1.82, 2.24) is 4.98 Å². The molecule has 1 aromatic rings. The Morgan fingerprint density at radius 1 is 1.42 bits per heavy atom. The van der Waals surface area contributed by atoms with Crippen molar-refractivity contribution in [3.05, 3.63) is 22.8 Å². The number of halogens is 1. The molecular formula is C13H17ClN2O3. The number of anilines is 1. The summed E-state index contributed by atoms with van der Waals surface area (Å²) in [5.41, 5.74) is 0.102. The maximum atomic E-state index is 11.2. The molecule has 0 spiro atoms. The van der Waals surface area contributed by atoms with Crippen molar-refractivity contribution in [1.29, 1.82) is 0 Å². The van der Waals surface area contributed by atoms with Crippen LogP contribution < -0.4 is 4.90 Å². The minimum atomic E-state index is -1.05. The van der Waals surface area contributed by atoms with Gasteiger partial charge in [0.2, 0.25) is 0 Å². The van der Waals surface area contributed by atoms with Gasteiger partial charge in [0.25, 0.3) is 0 Å². The lowest BCUT2D eigenvalue weighted by Crippen LogP contribution is -2.44. The number of nitrogens with zero attached hydrogens (tertiary/aromatic N) is 2. The maximum Gasteiger partial charge on any atom is 0.339 e. The fourth-order valence-electron chi connectivity index (χ4n) is 2.56. The van der Waals surface area contributed by atoms with E-state index in [1.165, 1.54) is 12.1 Å². The molecule has 5 nitrogen and oxygen atoms in total. The van der Waals surface area contributed by atoms with Crippen molar-refractivity contribution in [2.24, 2.45) is 0 Å². The fraction of sp³-hybridized carbons (Fsp3) is 0.538. The molecule has 0 aromatic carbocycles. The van der Waals surface area contributed by atoms with Gasteiger partial charge in [-0.05, 0) is 25.0 Å². The number of carbonyl (C=O) groups is 1. The van der Waals surface area contributed by atoms with Gasteiger partial charge in [0.1, 0.15) is 16.5 Å². The first-order chi connectivity index (χ1) is 9.00. The number of hydrogen-bond acceptors (Lipinski definition) is 4. The number of hydrogen-bond donors (Lipinski definition) is 2. The molecule has 19 heavy (non-hydrogen) atoms. The number of carboxylic acid groups (broad SMARTS) is 1. The summed E-state index contributed by atoms with van der Waals surface area (Å²) in [6.45, 7) is 0. The summed E-state index contributed by atoms with van der Waals surface area (Å²) in [5.74, 6) is -0.734. The largest absolute Gasteiger partial charge is 0.478 e. The van der Waals surface area contributed by atoms with Crippen LogP contribution in [0.2, 0.25) is 5.15 Å². The molecule has 1 aromatic heterocycles. The molecule has 1 saturated carbocycles. The summed E-state index contributed by atoms with van der Waals surface area (Å²) >= 11 is 5.85. The number of aromatic nitrogens is 1. The van der Waals surface area contributed by atoms with Gasteiger partial charge in [-0.15, -0.1) is 0 Å². The fourth-order valence-corrected chi connectivity index (χ4v) is 2.70. The molecule has 1 aliphatic rings. The number of pyridine rings is 1. The molecule has 1 aliphatic carbocycles. The number of aliphatic hydroxyl groups is 1. The Kier molecular flexibility index (Phi) is 4.27. The molecule has 0 saturated heterocycles. The van der Waals surface area contributed by atoms with Gasteiger partial charge in [-0.1, -0.05) is 24.4 Å². The first-order valence-corrected chi connectivity index (χ1v) is 6.69. The maximum absolute atomic E-state index is 11.2. The van der Waals surface area contributed by atoms with E-state index in [1.807, 2.05) is 0 Å². The first kappa shape index (κ1) is 14.1. The van der Waals surface area contributed by atoms with E-state index in [-0.39, 0.29) is 16.8 Å². The van der Waals surface area contributed by atoms with Crippen LogP contribution in [0.25, 0.3) is 0 Å². The molecule has 2 N–H and O–H groups in total. The summed E-state index contributed by atoms with van der Waals surface area (Å²) < 4.78 is 0. The average molecular weight is 285 g/mol. The summed E-state index contributed by atoms with van der Waals surface area (Å²) in [7, 11) is 1.75. The van der Waals surface area contributed by atoms with Crippen LogP contribution in [0.1, 0.15) is 36.0 Å². The standard InChI is InChI=1S/C13H17ClN2O3/c1-16(9-4-2-3-5-10(9)17)12-8(13(18)19)6-7-11(14)15-12/h6-7,9-10,17H,2-5H2,1H3,(H,18,19). The average Bonchev–Trinajstić information content (AvgIpc) is 2.38. The molecular weight excluding hydrogens is 268 g/mol. The number of likely N-dealkylation sites (N-methyl/N-ethyl adjacent to an activating group) is 1. The van der Waals surface area contributed by atoms with Gasteiger partial charge in [-0.25, -0.2) is 9.78 Å². The lowest BCUT2D eigenvalue weighted by atomic mass is 9.91. The Balaban J connectivity index is 2.34. The van der Waals surface area contributed by atoms with Crippen LogP contribution >= 0.6 is 11.6 Å². The van der Waals surface area contributed by atoms with Gasteiger partial charge in [0.05, 0.1) is 12.1 Å². The van der Waals surface area contributed by atoms with E-state index in [0.29, 0.717) is 5.82 Å². The summed E-state index contributed by atoms with van der Waals surface area (Å²) in [6.07, 6.45) is 3.12. The minimum Gasteiger partial charge on any atom is -0.478 e. The van der Waals surface area contributed by atoms with Crippen molar-refractivity contribution >= 4 is 23.4 Å². The Hall–Kier alpha value is -1.33. The van der Waals surface area contributed by atoms with Crippen LogP contribution in [0.15, 0.2) is 12.1 Å². The highest BCUT2D eigenvalue weighted by molar-refractivity contribution is 6.29. The molecule has 0 bridgehead atoms. The van der Waals surface area contributed by atoms with Crippen LogP contribution in [0.5, 0.6) is 0 Å². The smallest absolute Gasteiger partial charge is 0.339 e. The minimum absolute atomic E-state index is 0.102. The van der Waals surface area contributed by atoms with Crippen molar-refractivity contribution < 1.29 is 15.0 Å². The second-order valence-electron chi connectivity index (χ2n) is 4.84. The molecule has 1 fully saturated rings. The van der Waals surface area contributed by atoms with E-state index >= 15 is 0 Å². The van der Waals surface area contributed by atoms with Gasteiger partial charge < -0.3 is 15.1 Å². The lowest BCUT2D eigenvalue weighted by Gasteiger charge is -2.36. The van der Waals surface area contributed by atoms with Gasteiger partial charge in [0.15, 0.2) is 0 Å². The third-order valence-corrected chi connectivity index (χ3v) is 3.81. The van der Waals surface area contributed by atoms with Crippen LogP contribution in [0.4, 0.5) is 5.82 Å². The third kappa shape index (κ3) is 2.98. The van der Waals surface area contributed by atoms with Gasteiger partial charge >= 0.3 is 5.97 Å². The zero-order valence-electron chi connectivity index (χ0n) is 10.7. The van der Waals surface area contributed by atoms with E-state index in [2.05, 4.69) is 4.98 Å². The highest BCUT2D eigenvalue weighted by Crippen LogP contribution is 2.28. The Morgan fingerprint density at radius 3 is 2.74 bits per heavy atom. The predicted molar refractivity (Wildman–Crippen MR) is 72.9 cm³/mol. The SMILES string of the molecule is CN(c1nc(Cl)ccc1C(=O)O)C1CCCCC1O. The summed E-state index contributed by atoms with van der Waals surface area (Å²) in [4.78, 5) is 17.1. The quantitative estimate of drug-likeness (QED) is 0.832. The highest BCUT2D eigenvalue weighted by Gasteiger charge is 2.29. The van der Waals surface area contributed by atoms with Gasteiger partial charge in [-0.3, -0.25) is 0 Å². The van der Waals surface area contributed by atoms with Crippen molar-refractivity contribution in [2.75, 3.05) is 11.9 Å². The molecule has 2 unspecified atom stereocenters. The van der Waals surface area contributed by atoms with Gasteiger partial charge in [-0.2, -0.15) is 0 Å². The second-order valence-corrected chi connectivity index (χ2v) is 5.23. The third-order valence-electron chi connectivity index (χ3n) is 3.60. The van der Waals surface area contributed by atoms with Crippen LogP contribution in [0.3, 0.4) is 0 Å². The zero-order chi connectivity index (χ0) is 14.0. The molecule has 6 heteroatoms. The van der Waals surface area contributed by atoms with Crippen molar-refractivity contribution in [2.45, 2.75) is 37.8 Å². The van der Waals surface area contributed by atoms with Crippen LogP contribution in [-0.2, 0) is 0 Å². The van der Waals surface area contributed by atoms with Gasteiger partial charge in [0, 0.05) is 7.05 Å². The Bertz CT molecular complexity index is 481. The number of aliphatic hydroxyl groups excluding tert-OH is 1. The Morgan fingerprint density at radius 2 is 2.11 bits per heavy atom. The van der Waals surface area contributed by atoms with E-state index in [0.717, 1.165) is 25.7 Å². The summed E-state index contributed by atoms with van der Waals surface area (Å²) in [5, 5.41) is 19.5. The van der Waals surface area contributed by atoms with E-state index in [4.69, 9.17) is 11.6 Å². The van der Waals surface area contributed by atoms with Crippen LogP contribution in [-0.4, -0.2) is 40.4 Å². The number of rotatable bonds is 3. The molecule has 0 aliphatic heterocycles. The topological polar surface area (TPSA) is 73.7 Å². The molecule has 0 amide bonds. The number of carboxylic acids is 1. The molecule has 1 heterocycles. The highest BCUT2D eigenvalue weighted by atomic mass is 35.5. The second kappa shape index (κ2) is 5.75. The molecule has 0 radical (unpaired) electrons. The number of aromatic carboxylic acids is 1. The molecule has 2 rings (SSSR count). The molecule has 2 atom stereocenters. The lowest BCUT2D eigenvalue weighted by molar-refractivity contribution is 0.0695. The first-order valence-electron chi connectivity index (χ1n) is 6.31. The monoisotopic (exact) mass is 284 g/mol. The van der Waals surface area contributed by atoms with E-state index in [9.17, 15) is 15.0 Å². The van der Waals surface area contributed by atoms with E-state index in [1.54, 1.807) is 11.9 Å². The molecule has 104 valence electrons. The van der Waals surface area contributed by atoms with Crippen LogP contribution in [0, 0.1) is 0 Å². The van der Waals surface area contributed by atoms with Crippen molar-refractivity contribution in [3.63, 3.8) is 0 Å². The van der Waals surface area contributed by atoms with Crippen molar-refractivity contribution in [3.8, 4) is 0 Å². The normalized spacial score (nSPS) is 23.1.